The molecule has 1 fully saturated rings. The number of hydrogen-bond acceptors (Lipinski definition) is 10. The molecule has 3 rings (SSSR count). The highest BCUT2D eigenvalue weighted by Gasteiger charge is 2.54. The second-order valence-corrected chi connectivity index (χ2v) is 8.07. The van der Waals surface area contributed by atoms with E-state index in [2.05, 4.69) is 19.7 Å². The van der Waals surface area contributed by atoms with Crippen molar-refractivity contribution in [1.82, 2.24) is 19.6 Å². The Labute approximate surface area is 170 Å². The Kier molecular flexibility index (Phi) is 6.00. The van der Waals surface area contributed by atoms with Gasteiger partial charge in [0.25, 0.3) is 11.8 Å². The van der Waals surface area contributed by atoms with Crippen molar-refractivity contribution in [3.63, 3.8) is 0 Å². The third-order valence-electron chi connectivity index (χ3n) is 3.83. The third-order valence-corrected chi connectivity index (χ3v) is 6.60. The summed E-state index contributed by atoms with van der Waals surface area (Å²) in [5.74, 6) is -3.44. The van der Waals surface area contributed by atoms with E-state index in [0.717, 1.165) is 16.4 Å². The molecule has 14 heteroatoms. The zero-order valence-corrected chi connectivity index (χ0v) is 16.6. The summed E-state index contributed by atoms with van der Waals surface area (Å²) in [6, 6.07) is -0.955. The molecule has 28 heavy (non-hydrogen) atoms. The van der Waals surface area contributed by atoms with E-state index in [-0.39, 0.29) is 17.2 Å². The van der Waals surface area contributed by atoms with Gasteiger partial charge in [-0.1, -0.05) is 0 Å². The van der Waals surface area contributed by atoms with Crippen molar-refractivity contribution in [1.29, 1.82) is 0 Å². The topological polar surface area (TPSA) is 162 Å². The Hall–Kier alpha value is -2.45. The van der Waals surface area contributed by atoms with Crippen molar-refractivity contribution in [2.45, 2.75) is 11.4 Å². The number of aromatic nitrogens is 2. The average Bonchev–Trinajstić information content (AvgIpc) is 3.18. The van der Waals surface area contributed by atoms with Crippen LogP contribution in [0, 0.1) is 0 Å². The highest BCUT2D eigenvalue weighted by atomic mass is 32.2. The van der Waals surface area contributed by atoms with Crippen LogP contribution in [0.5, 0.6) is 0 Å². The molecule has 1 saturated heterocycles. The molecule has 2 amide bonds. The van der Waals surface area contributed by atoms with Gasteiger partial charge < -0.3 is 15.5 Å². The molecule has 0 spiro atoms. The van der Waals surface area contributed by atoms with Crippen molar-refractivity contribution in [3.8, 4) is 0 Å². The molecule has 0 radical (unpaired) electrons. The van der Waals surface area contributed by atoms with Gasteiger partial charge >= 0.3 is 11.9 Å². The predicted molar refractivity (Wildman–Crippen MR) is 102 cm³/mol. The first kappa shape index (κ1) is 20.3. The van der Waals surface area contributed by atoms with Gasteiger partial charge in [0.05, 0.1) is 0 Å². The van der Waals surface area contributed by atoms with Crippen LogP contribution in [0.25, 0.3) is 0 Å². The van der Waals surface area contributed by atoms with E-state index in [0.29, 0.717) is 10.7 Å². The highest BCUT2D eigenvalue weighted by molar-refractivity contribution is 8.05. The number of aliphatic carboxylic acids is 2. The number of β-lactam (4-membered cyclic amide) rings is 1. The first-order valence-electron chi connectivity index (χ1n) is 7.64. The van der Waals surface area contributed by atoms with E-state index < -0.39 is 41.7 Å². The summed E-state index contributed by atoms with van der Waals surface area (Å²) in [5.41, 5.74) is 0.988. The van der Waals surface area contributed by atoms with Gasteiger partial charge in [-0.3, -0.25) is 24.3 Å². The third kappa shape index (κ3) is 3.74. The first-order chi connectivity index (χ1) is 13.3. The fourth-order valence-corrected chi connectivity index (χ4v) is 5.30. The van der Waals surface area contributed by atoms with Gasteiger partial charge in [-0.15, -0.1) is 23.5 Å². The number of carbonyl (C=O) groups excluding carboxylic acids is 2. The van der Waals surface area contributed by atoms with E-state index in [1.54, 1.807) is 6.26 Å². The molecule has 2 atom stereocenters. The van der Waals surface area contributed by atoms with Gasteiger partial charge in [0.1, 0.15) is 29.2 Å². The van der Waals surface area contributed by atoms with Crippen LogP contribution in [0.15, 0.2) is 21.1 Å². The van der Waals surface area contributed by atoms with Crippen molar-refractivity contribution < 1.29 is 29.4 Å². The van der Waals surface area contributed by atoms with Crippen molar-refractivity contribution in [3.05, 3.63) is 21.9 Å². The molecule has 0 aromatic carbocycles. The van der Waals surface area contributed by atoms with Crippen molar-refractivity contribution >= 4 is 64.5 Å². The maximum absolute atomic E-state index is 12.6. The number of carboxylic acids is 2. The van der Waals surface area contributed by atoms with Crippen LogP contribution in [0.1, 0.15) is 5.82 Å². The van der Waals surface area contributed by atoms with Crippen LogP contribution in [-0.2, 0) is 19.2 Å². The summed E-state index contributed by atoms with van der Waals surface area (Å²) >= 11 is 3.55. The van der Waals surface area contributed by atoms with Crippen LogP contribution in [-0.4, -0.2) is 83.9 Å². The summed E-state index contributed by atoms with van der Waals surface area (Å²) < 4.78 is 3.88. The van der Waals surface area contributed by atoms with Gasteiger partial charge in [-0.05, 0) is 17.8 Å². The summed E-state index contributed by atoms with van der Waals surface area (Å²) in [5, 5.41) is 20.2. The lowest BCUT2D eigenvalue weighted by Crippen LogP contribution is -2.71. The number of carboxylic acid groups (broad SMARTS) is 2. The SMILES string of the molecule is CSC1=C(C(=O)O)N2C(=O)C(NC(=O)C(=NCC(=O)O)c3ncsn3)[C@@H]2SC1. The van der Waals surface area contributed by atoms with Gasteiger partial charge in [-0.2, -0.15) is 4.37 Å². The second-order valence-electron chi connectivity index (χ2n) is 5.46. The zero-order chi connectivity index (χ0) is 20.4. The lowest BCUT2D eigenvalue weighted by Gasteiger charge is -2.49. The molecular weight excluding hydrogens is 430 g/mol. The minimum atomic E-state index is -1.24. The van der Waals surface area contributed by atoms with Crippen molar-refractivity contribution in [2.24, 2.45) is 4.99 Å². The number of thioether (sulfide) groups is 2. The van der Waals surface area contributed by atoms with Crippen molar-refractivity contribution in [2.75, 3.05) is 18.6 Å². The van der Waals surface area contributed by atoms with Gasteiger partial charge in [-0.25, -0.2) is 9.78 Å². The Bertz CT molecular complexity index is 899. The molecule has 0 bridgehead atoms. The number of nitrogens with one attached hydrogen (secondary N) is 1. The van der Waals surface area contributed by atoms with E-state index in [9.17, 15) is 24.3 Å². The molecule has 1 aromatic rings. The van der Waals surface area contributed by atoms with E-state index in [1.165, 1.54) is 29.0 Å². The number of nitrogens with zero attached hydrogens (tertiary/aromatic N) is 4. The number of fused-ring (bicyclic) bond motifs is 1. The maximum atomic E-state index is 12.6. The fraction of sp³-hybridized carbons (Fsp3) is 0.357. The first-order valence-corrected chi connectivity index (χ1v) is 10.7. The monoisotopic (exact) mass is 443 g/mol. The number of amides is 2. The Morgan fingerprint density at radius 2 is 2.18 bits per heavy atom. The largest absolute Gasteiger partial charge is 0.480 e. The van der Waals surface area contributed by atoms with Crippen LogP contribution in [0.4, 0.5) is 0 Å². The normalized spacial score (nSPS) is 21.8. The van der Waals surface area contributed by atoms with Gasteiger partial charge in [0, 0.05) is 10.7 Å². The van der Waals surface area contributed by atoms with Crippen LogP contribution < -0.4 is 5.32 Å². The van der Waals surface area contributed by atoms with E-state index >= 15 is 0 Å². The smallest absolute Gasteiger partial charge is 0.353 e. The Morgan fingerprint density at radius 1 is 1.43 bits per heavy atom. The van der Waals surface area contributed by atoms with Gasteiger partial charge in [0.15, 0.2) is 11.5 Å². The zero-order valence-electron chi connectivity index (χ0n) is 14.2. The molecule has 2 aliphatic rings. The molecule has 148 valence electrons. The van der Waals surface area contributed by atoms with Gasteiger partial charge in [0.2, 0.25) is 0 Å². The van der Waals surface area contributed by atoms with E-state index in [4.69, 9.17) is 5.11 Å². The standard InChI is InChI=1S/C14H13N5O6S3/c1-26-5-3-27-13-8(12(23)19(13)9(5)14(24)25)17-11(22)7(15-2-6(20)21)10-16-4-28-18-10/h4,8,13H,2-3H2,1H3,(H,17,22)(H,20,21)(H,24,25)/t8?,13-/m0/s1. The quantitative estimate of drug-likeness (QED) is 0.369. The summed E-state index contributed by atoms with van der Waals surface area (Å²) in [6.45, 7) is -0.659. The number of rotatable bonds is 7. The average molecular weight is 443 g/mol. The molecule has 11 nitrogen and oxygen atoms in total. The highest BCUT2D eigenvalue weighted by Crippen LogP contribution is 2.42. The van der Waals surface area contributed by atoms with Crippen LogP contribution in [0.3, 0.4) is 0 Å². The Balaban J connectivity index is 1.79. The maximum Gasteiger partial charge on any atom is 0.353 e. The molecule has 1 aromatic heterocycles. The molecular formula is C14H13N5O6S3. The number of carbonyl (C=O) groups is 4. The molecule has 3 heterocycles. The summed E-state index contributed by atoms with van der Waals surface area (Å²) in [4.78, 5) is 56.7. The van der Waals surface area contributed by atoms with E-state index in [1.807, 2.05) is 0 Å². The molecule has 0 aliphatic carbocycles. The number of aliphatic imine (C=N–C) groups is 1. The fourth-order valence-electron chi connectivity index (χ4n) is 2.62. The summed E-state index contributed by atoms with van der Waals surface area (Å²) in [7, 11) is 0. The number of hydrogen-bond donors (Lipinski definition) is 3. The lowest BCUT2D eigenvalue weighted by molar-refractivity contribution is -0.150. The van der Waals surface area contributed by atoms with Crippen LogP contribution in [0.2, 0.25) is 0 Å². The molecule has 2 aliphatic heterocycles. The minimum Gasteiger partial charge on any atom is -0.480 e. The summed E-state index contributed by atoms with van der Waals surface area (Å²) in [6.07, 6.45) is 1.73. The molecule has 0 saturated carbocycles. The molecule has 3 N–H and O–H groups in total. The second kappa shape index (κ2) is 8.28. The molecule has 1 unspecified atom stereocenters. The predicted octanol–water partition coefficient (Wildman–Crippen LogP) is -0.529. The minimum absolute atomic E-state index is 0.0422. The van der Waals surface area contributed by atoms with Crippen LogP contribution >= 0.6 is 35.1 Å². The Morgan fingerprint density at radius 3 is 2.75 bits per heavy atom. The lowest BCUT2D eigenvalue weighted by atomic mass is 10.0.